The van der Waals surface area contributed by atoms with Crippen LogP contribution in [0.1, 0.15) is 11.7 Å². The van der Waals surface area contributed by atoms with Gasteiger partial charge >= 0.3 is 0 Å². The SMILES string of the molecule is c1cncc([C@H]2Nc3ccccc3-c3nc4ccccc4n32)c1. The summed E-state index contributed by atoms with van der Waals surface area (Å²) in [5, 5.41) is 3.63. The first-order chi connectivity index (χ1) is 11.4. The van der Waals surface area contributed by atoms with Crippen LogP contribution in [0.15, 0.2) is 73.1 Å². The second-order valence-electron chi connectivity index (χ2n) is 5.67. The third kappa shape index (κ3) is 1.78. The van der Waals surface area contributed by atoms with Crippen LogP contribution in [0.4, 0.5) is 5.69 Å². The Morgan fingerprint density at radius 2 is 1.78 bits per heavy atom. The smallest absolute Gasteiger partial charge is 0.145 e. The first kappa shape index (κ1) is 12.4. The monoisotopic (exact) mass is 298 g/mol. The highest BCUT2D eigenvalue weighted by Gasteiger charge is 2.27. The summed E-state index contributed by atoms with van der Waals surface area (Å²) in [5.74, 6) is 0.995. The molecular weight excluding hydrogens is 284 g/mol. The van der Waals surface area contributed by atoms with Crippen LogP contribution < -0.4 is 5.32 Å². The zero-order valence-corrected chi connectivity index (χ0v) is 12.3. The molecule has 1 aliphatic rings. The van der Waals surface area contributed by atoms with Crippen molar-refractivity contribution in [2.45, 2.75) is 6.17 Å². The number of para-hydroxylation sites is 3. The predicted molar refractivity (Wildman–Crippen MR) is 91.2 cm³/mol. The van der Waals surface area contributed by atoms with Gasteiger partial charge in [-0.3, -0.25) is 9.55 Å². The summed E-state index contributed by atoms with van der Waals surface area (Å²) in [6.07, 6.45) is 3.69. The lowest BCUT2D eigenvalue weighted by Crippen LogP contribution is -2.24. The third-order valence-corrected chi connectivity index (χ3v) is 4.31. The van der Waals surface area contributed by atoms with Crippen molar-refractivity contribution >= 4 is 16.7 Å². The van der Waals surface area contributed by atoms with Crippen LogP contribution in [0.3, 0.4) is 0 Å². The molecule has 110 valence electrons. The summed E-state index contributed by atoms with van der Waals surface area (Å²) in [5.41, 5.74) is 5.48. The van der Waals surface area contributed by atoms with Gasteiger partial charge in [0.25, 0.3) is 0 Å². The highest BCUT2D eigenvalue weighted by Crippen LogP contribution is 2.40. The van der Waals surface area contributed by atoms with E-state index in [1.54, 1.807) is 6.20 Å². The summed E-state index contributed by atoms with van der Waals surface area (Å²) in [4.78, 5) is 9.15. The highest BCUT2D eigenvalue weighted by atomic mass is 15.2. The van der Waals surface area contributed by atoms with Crippen LogP contribution in [0.2, 0.25) is 0 Å². The van der Waals surface area contributed by atoms with E-state index in [9.17, 15) is 0 Å². The number of benzene rings is 2. The molecule has 1 aliphatic heterocycles. The maximum Gasteiger partial charge on any atom is 0.145 e. The van der Waals surface area contributed by atoms with Crippen LogP contribution in [-0.4, -0.2) is 14.5 Å². The van der Waals surface area contributed by atoms with E-state index in [4.69, 9.17) is 4.98 Å². The molecule has 4 aromatic rings. The Bertz CT molecular complexity index is 1000. The third-order valence-electron chi connectivity index (χ3n) is 4.31. The number of rotatable bonds is 1. The van der Waals surface area contributed by atoms with Crippen molar-refractivity contribution in [3.05, 3.63) is 78.6 Å². The molecule has 0 fully saturated rings. The topological polar surface area (TPSA) is 42.7 Å². The Morgan fingerprint density at radius 1 is 0.913 bits per heavy atom. The fraction of sp³-hybridized carbons (Fsp3) is 0.0526. The summed E-state index contributed by atoms with van der Waals surface area (Å²) >= 11 is 0. The van der Waals surface area contributed by atoms with Gasteiger partial charge in [-0.15, -0.1) is 0 Å². The summed E-state index contributed by atoms with van der Waals surface area (Å²) in [6, 6.07) is 20.6. The van der Waals surface area contributed by atoms with Crippen LogP contribution in [0.5, 0.6) is 0 Å². The van der Waals surface area contributed by atoms with Gasteiger partial charge < -0.3 is 5.32 Å². The second kappa shape index (κ2) is 4.68. The number of aromatic nitrogens is 3. The molecule has 0 amide bonds. The van der Waals surface area contributed by atoms with E-state index in [1.165, 1.54) is 0 Å². The van der Waals surface area contributed by atoms with Gasteiger partial charge in [-0.2, -0.15) is 0 Å². The molecule has 23 heavy (non-hydrogen) atoms. The first-order valence-corrected chi connectivity index (χ1v) is 7.65. The predicted octanol–water partition coefficient (Wildman–Crippen LogP) is 4.07. The molecule has 0 radical (unpaired) electrons. The largest absolute Gasteiger partial charge is 0.360 e. The summed E-state index contributed by atoms with van der Waals surface area (Å²) in [6.45, 7) is 0. The lowest BCUT2D eigenvalue weighted by atomic mass is 10.1. The molecule has 1 N–H and O–H groups in total. The molecule has 0 unspecified atom stereocenters. The minimum Gasteiger partial charge on any atom is -0.360 e. The van der Waals surface area contributed by atoms with Crippen molar-refractivity contribution in [2.75, 3.05) is 5.32 Å². The number of nitrogens with one attached hydrogen (secondary N) is 1. The average Bonchev–Trinajstić information content (AvgIpc) is 3.02. The number of imidazole rings is 1. The molecule has 5 rings (SSSR count). The molecule has 1 atom stereocenters. The molecule has 3 heterocycles. The molecule has 4 heteroatoms. The van der Waals surface area contributed by atoms with Crippen LogP contribution in [-0.2, 0) is 0 Å². The minimum atomic E-state index is -0.0130. The Balaban J connectivity index is 1.85. The molecular formula is C19H14N4. The van der Waals surface area contributed by atoms with Gasteiger partial charge in [-0.1, -0.05) is 30.3 Å². The summed E-state index contributed by atoms with van der Waals surface area (Å²) < 4.78 is 2.26. The van der Waals surface area contributed by atoms with E-state index in [0.717, 1.165) is 33.7 Å². The zero-order chi connectivity index (χ0) is 15.2. The highest BCUT2D eigenvalue weighted by molar-refractivity contribution is 5.86. The molecule has 0 saturated carbocycles. The van der Waals surface area contributed by atoms with Gasteiger partial charge in [-0.25, -0.2) is 4.98 Å². The molecule has 0 spiro atoms. The van der Waals surface area contributed by atoms with Crippen molar-refractivity contribution in [3.63, 3.8) is 0 Å². The van der Waals surface area contributed by atoms with Gasteiger partial charge in [0.1, 0.15) is 12.0 Å². The quantitative estimate of drug-likeness (QED) is 0.576. The Hall–Kier alpha value is -3.14. The number of hydrogen-bond donors (Lipinski definition) is 1. The van der Waals surface area contributed by atoms with Crippen LogP contribution in [0, 0.1) is 0 Å². The van der Waals surface area contributed by atoms with Gasteiger partial charge in [0.2, 0.25) is 0 Å². The van der Waals surface area contributed by atoms with Crippen molar-refractivity contribution in [3.8, 4) is 11.4 Å². The molecule has 0 saturated heterocycles. The van der Waals surface area contributed by atoms with Crippen molar-refractivity contribution in [2.24, 2.45) is 0 Å². The molecule has 4 nitrogen and oxygen atoms in total. The van der Waals surface area contributed by atoms with E-state index in [0.29, 0.717) is 0 Å². The second-order valence-corrected chi connectivity index (χ2v) is 5.67. The fourth-order valence-electron chi connectivity index (χ4n) is 3.28. The molecule has 0 bridgehead atoms. The van der Waals surface area contributed by atoms with Gasteiger partial charge in [0.05, 0.1) is 11.0 Å². The van der Waals surface area contributed by atoms with E-state index in [1.807, 2.05) is 24.4 Å². The van der Waals surface area contributed by atoms with Gasteiger partial charge in [-0.05, 0) is 30.3 Å². The van der Waals surface area contributed by atoms with Crippen molar-refractivity contribution in [1.82, 2.24) is 14.5 Å². The minimum absolute atomic E-state index is 0.0130. The lowest BCUT2D eigenvalue weighted by molar-refractivity contribution is 0.666. The van der Waals surface area contributed by atoms with Crippen LogP contribution >= 0.6 is 0 Å². The van der Waals surface area contributed by atoms with Crippen molar-refractivity contribution < 1.29 is 0 Å². The van der Waals surface area contributed by atoms with Gasteiger partial charge in [0, 0.05) is 29.2 Å². The Kier molecular flexibility index (Phi) is 2.52. The summed E-state index contributed by atoms with van der Waals surface area (Å²) in [7, 11) is 0. The normalized spacial score (nSPS) is 15.7. The van der Waals surface area contributed by atoms with E-state index >= 15 is 0 Å². The first-order valence-electron chi connectivity index (χ1n) is 7.65. The molecule has 0 aliphatic carbocycles. The number of pyridine rings is 1. The number of hydrogen-bond acceptors (Lipinski definition) is 3. The number of anilines is 1. The fourth-order valence-corrected chi connectivity index (χ4v) is 3.28. The number of fused-ring (bicyclic) bond motifs is 5. The maximum atomic E-state index is 4.87. The van der Waals surface area contributed by atoms with E-state index in [2.05, 4.69) is 57.3 Å². The Labute approximate surface area is 133 Å². The zero-order valence-electron chi connectivity index (χ0n) is 12.3. The molecule has 2 aromatic carbocycles. The van der Waals surface area contributed by atoms with Crippen LogP contribution in [0.25, 0.3) is 22.4 Å². The average molecular weight is 298 g/mol. The van der Waals surface area contributed by atoms with E-state index < -0.39 is 0 Å². The number of nitrogens with zero attached hydrogens (tertiary/aromatic N) is 3. The molecule has 2 aromatic heterocycles. The van der Waals surface area contributed by atoms with Crippen molar-refractivity contribution in [1.29, 1.82) is 0 Å². The maximum absolute atomic E-state index is 4.87. The Morgan fingerprint density at radius 3 is 2.70 bits per heavy atom. The van der Waals surface area contributed by atoms with E-state index in [-0.39, 0.29) is 6.17 Å². The lowest BCUT2D eigenvalue weighted by Gasteiger charge is -2.30. The standard InChI is InChI=1S/C19H14N4/c1-2-8-15-14(7-1)19-22-16-9-3-4-10-17(16)23(19)18(21-15)13-6-5-11-20-12-13/h1-12,18,21H/t18-/m0/s1. The van der Waals surface area contributed by atoms with Gasteiger partial charge in [0.15, 0.2) is 0 Å².